The Bertz CT molecular complexity index is 1190. The lowest BCUT2D eigenvalue weighted by molar-refractivity contribution is -0.794. The van der Waals surface area contributed by atoms with Gasteiger partial charge in [0.05, 0.1) is 0 Å². The normalized spacial score (nSPS) is 15.8. The molecule has 0 saturated carbocycles. The Balaban J connectivity index is 3.85. The first kappa shape index (κ1) is 39.2. The first-order valence-corrected chi connectivity index (χ1v) is 11.2. The van der Waals surface area contributed by atoms with Crippen LogP contribution in [0.3, 0.4) is 0 Å². The molecule has 0 atom stereocenters. The third-order valence-electron chi connectivity index (χ3n) is 4.84. The van der Waals surface area contributed by atoms with E-state index >= 15 is 0 Å². The van der Waals surface area contributed by atoms with Crippen molar-refractivity contribution in [2.45, 2.75) is 57.5 Å². The van der Waals surface area contributed by atoms with E-state index in [0.29, 0.717) is 0 Å². The Morgan fingerprint density at radius 2 is 0.488 bits per heavy atom. The molecular formula is C16F26I+. The summed E-state index contributed by atoms with van der Waals surface area (Å²) in [7, 11) is 0. The summed E-state index contributed by atoms with van der Waals surface area (Å²) in [4.78, 5) is 0. The van der Waals surface area contributed by atoms with Gasteiger partial charge in [-0.2, -0.15) is 101 Å². The number of hydrogen-bond donors (Lipinski definition) is 0. The van der Waals surface area contributed by atoms with Crippen molar-refractivity contribution in [2.24, 2.45) is 0 Å². The van der Waals surface area contributed by atoms with Crippen LogP contribution in [0, 0.1) is 32.7 Å². The van der Waals surface area contributed by atoms with Crippen LogP contribution in [0.25, 0.3) is 0 Å². The summed E-state index contributed by atoms with van der Waals surface area (Å²) in [6.07, 6.45) is -8.14. The molecule has 0 radical (unpaired) electrons. The molecule has 0 spiro atoms. The minimum atomic E-state index is -9.44. The topological polar surface area (TPSA) is 0 Å². The van der Waals surface area contributed by atoms with Crippen molar-refractivity contribution >= 4 is 0 Å². The van der Waals surface area contributed by atoms with Gasteiger partial charge >= 0.3 is 78.7 Å². The second-order valence-electron chi connectivity index (χ2n) is 7.57. The highest BCUT2D eigenvalue weighted by atomic mass is 127. The predicted octanol–water partition coefficient (Wildman–Crippen LogP) is 5.88. The van der Waals surface area contributed by atoms with E-state index in [1.54, 1.807) is 0 Å². The number of halogens is 27. The molecule has 0 aliphatic rings. The summed E-state index contributed by atoms with van der Waals surface area (Å²) in [5, 5.41) is 0. The van der Waals surface area contributed by atoms with Crippen LogP contribution in [0.4, 0.5) is 114 Å². The van der Waals surface area contributed by atoms with E-state index in [1.165, 1.54) is 0 Å². The SMILES string of the molecule is Fc1c(F)c(F)c([I+]C(F)(F)C(F)(F)C(F)(F)C(F)(F)C(F)(F)C(F)(F)C(F)(F)C(F)(F)C(F)(F)C(F)(F)F)c(F)c1F. The van der Waals surface area contributed by atoms with Crippen LogP contribution in [0.1, 0.15) is 0 Å². The molecule has 1 aromatic rings. The molecule has 1 rings (SSSR count). The van der Waals surface area contributed by atoms with E-state index in [0.717, 1.165) is 0 Å². The highest BCUT2D eigenvalue weighted by Crippen LogP contribution is 2.65. The summed E-state index contributed by atoms with van der Waals surface area (Å²) >= 11 is -5.47. The average molecular weight is 813 g/mol. The highest BCUT2D eigenvalue weighted by Gasteiger charge is 2.99. The molecule has 43 heavy (non-hydrogen) atoms. The van der Waals surface area contributed by atoms with Gasteiger partial charge in [-0.25, -0.2) is 13.2 Å². The lowest BCUT2D eigenvalue weighted by Crippen LogP contribution is -3.68. The molecular weight excluding hydrogens is 813 g/mol. The fourth-order valence-corrected chi connectivity index (χ4v) is 4.68. The molecule has 0 bridgehead atoms. The highest BCUT2D eigenvalue weighted by molar-refractivity contribution is 5.18. The Morgan fingerprint density at radius 1 is 0.279 bits per heavy atom. The van der Waals surface area contributed by atoms with Crippen LogP contribution in [0.5, 0.6) is 0 Å². The smallest absolute Gasteiger partial charge is 0.200 e. The van der Waals surface area contributed by atoms with Gasteiger partial charge in [-0.1, -0.05) is 0 Å². The summed E-state index contributed by atoms with van der Waals surface area (Å²) in [5.41, 5.74) is 0. The van der Waals surface area contributed by atoms with E-state index in [-0.39, 0.29) is 0 Å². The van der Waals surface area contributed by atoms with Crippen molar-refractivity contribution in [1.29, 1.82) is 0 Å². The summed E-state index contributed by atoms with van der Waals surface area (Å²) in [5.74, 6) is -89.7. The molecule has 0 nitrogen and oxygen atoms in total. The van der Waals surface area contributed by atoms with Gasteiger partial charge in [0.2, 0.25) is 29.1 Å². The standard InChI is InChI=1S/C16F26I/c17-1-2(18)4(20)6(5(21)3(1)19)43-16(41,42)14(36,37)12(32,33)10(28,29)8(24,25)7(22,23)9(26,27)11(30,31)13(34,35)15(38,39)40/q+1. The predicted molar refractivity (Wildman–Crippen MR) is 75.5 cm³/mol. The third kappa shape index (κ3) is 4.99. The molecule has 27 heteroatoms. The van der Waals surface area contributed by atoms with Crippen LogP contribution in [0.15, 0.2) is 0 Å². The molecule has 0 aliphatic carbocycles. The van der Waals surface area contributed by atoms with Gasteiger partial charge in [-0.15, -0.1) is 0 Å². The molecule has 0 saturated heterocycles. The van der Waals surface area contributed by atoms with Crippen LogP contribution in [0.2, 0.25) is 0 Å². The first-order chi connectivity index (χ1) is 18.4. The monoisotopic (exact) mass is 813 g/mol. The fourth-order valence-electron chi connectivity index (χ4n) is 2.38. The van der Waals surface area contributed by atoms with Gasteiger partial charge in [0.15, 0.2) is 0 Å². The van der Waals surface area contributed by atoms with Gasteiger partial charge in [0, 0.05) is 0 Å². The van der Waals surface area contributed by atoms with Gasteiger partial charge in [-0.05, 0) is 0 Å². The minimum absolute atomic E-state index is 3.20. The van der Waals surface area contributed by atoms with Gasteiger partial charge in [-0.3, -0.25) is 0 Å². The second kappa shape index (κ2) is 10.3. The number of hydrogen-bond acceptors (Lipinski definition) is 0. The maximum absolute atomic E-state index is 13.9. The fraction of sp³-hybridized carbons (Fsp3) is 0.625. The van der Waals surface area contributed by atoms with Crippen molar-refractivity contribution < 1.29 is 135 Å². The quantitative estimate of drug-likeness (QED) is 0.0912. The van der Waals surface area contributed by atoms with E-state index in [1.807, 2.05) is 0 Å². The summed E-state index contributed by atoms with van der Waals surface area (Å²) in [6, 6.07) is 0. The maximum Gasteiger partial charge on any atom is 0.517 e. The van der Waals surface area contributed by atoms with Crippen molar-refractivity contribution in [3.63, 3.8) is 0 Å². The van der Waals surface area contributed by atoms with E-state index in [2.05, 4.69) is 0 Å². The molecule has 0 amide bonds. The van der Waals surface area contributed by atoms with Crippen LogP contribution in [-0.4, -0.2) is 57.5 Å². The average Bonchev–Trinajstić information content (AvgIpc) is 2.82. The van der Waals surface area contributed by atoms with E-state index in [9.17, 15) is 114 Å². The molecule has 1 aromatic carbocycles. The molecule has 0 fully saturated rings. The van der Waals surface area contributed by atoms with Gasteiger partial charge < -0.3 is 0 Å². The zero-order chi connectivity index (χ0) is 35.2. The van der Waals surface area contributed by atoms with Crippen molar-refractivity contribution in [3.8, 4) is 0 Å². The van der Waals surface area contributed by atoms with Crippen LogP contribution < -0.4 is 21.2 Å². The Labute approximate surface area is 226 Å². The van der Waals surface area contributed by atoms with E-state index < -0.39 is 111 Å². The lowest BCUT2D eigenvalue weighted by Gasteiger charge is -2.43. The Morgan fingerprint density at radius 3 is 0.744 bits per heavy atom. The van der Waals surface area contributed by atoms with Crippen LogP contribution >= 0.6 is 0 Å². The molecule has 0 aromatic heterocycles. The number of rotatable bonds is 10. The number of benzene rings is 1. The van der Waals surface area contributed by atoms with Crippen molar-refractivity contribution in [1.82, 2.24) is 0 Å². The van der Waals surface area contributed by atoms with Crippen molar-refractivity contribution in [3.05, 3.63) is 32.7 Å². The molecule has 0 N–H and O–H groups in total. The zero-order valence-corrected chi connectivity index (χ0v) is 20.4. The van der Waals surface area contributed by atoms with Crippen LogP contribution in [-0.2, 0) is 0 Å². The molecule has 0 unspecified atom stereocenters. The van der Waals surface area contributed by atoms with Crippen molar-refractivity contribution in [2.75, 3.05) is 0 Å². The molecule has 0 aliphatic heterocycles. The molecule has 252 valence electrons. The van der Waals surface area contributed by atoms with E-state index in [4.69, 9.17) is 0 Å². The Hall–Kier alpha value is -1.87. The number of alkyl halides is 22. The zero-order valence-electron chi connectivity index (χ0n) is 18.2. The maximum atomic E-state index is 13.9. The summed E-state index contributed by atoms with van der Waals surface area (Å²) in [6.45, 7) is 0. The molecule has 0 heterocycles. The third-order valence-corrected chi connectivity index (χ3v) is 7.68. The van der Waals surface area contributed by atoms with Gasteiger partial charge in [0.1, 0.15) is 0 Å². The van der Waals surface area contributed by atoms with Gasteiger partial charge in [0.25, 0.3) is 3.57 Å². The minimum Gasteiger partial charge on any atom is -0.200 e. The largest absolute Gasteiger partial charge is 0.517 e. The summed E-state index contributed by atoms with van der Waals surface area (Å²) < 4.78 is 335. The first-order valence-electron chi connectivity index (χ1n) is 9.04. The Kier molecular flexibility index (Phi) is 9.40. The lowest BCUT2D eigenvalue weighted by atomic mass is 9.87. The second-order valence-corrected chi connectivity index (χ2v) is 10.5.